The highest BCUT2D eigenvalue weighted by Gasteiger charge is 2.27. The number of likely N-dealkylation sites (tertiary alicyclic amines) is 1. The SMILES string of the molecule is CN=C(NC1CCC1)NC1CCN(CC2CCCC2)C1.I. The smallest absolute Gasteiger partial charge is 0.191 e. The van der Waals surface area contributed by atoms with Crippen LogP contribution < -0.4 is 10.6 Å². The number of nitrogens with one attached hydrogen (secondary N) is 2. The van der Waals surface area contributed by atoms with Crippen LogP contribution in [0.1, 0.15) is 51.4 Å². The summed E-state index contributed by atoms with van der Waals surface area (Å²) >= 11 is 0. The molecule has 0 aromatic rings. The third-order valence-corrected chi connectivity index (χ3v) is 5.27. The second kappa shape index (κ2) is 8.56. The lowest BCUT2D eigenvalue weighted by Gasteiger charge is -2.29. The molecule has 1 unspecified atom stereocenters. The molecule has 0 spiro atoms. The molecule has 122 valence electrons. The molecule has 3 fully saturated rings. The first-order valence-electron chi connectivity index (χ1n) is 8.55. The number of hydrogen-bond donors (Lipinski definition) is 2. The van der Waals surface area contributed by atoms with Crippen LogP contribution in [-0.4, -0.2) is 49.6 Å². The van der Waals surface area contributed by atoms with Crippen LogP contribution in [0.3, 0.4) is 0 Å². The molecule has 2 saturated carbocycles. The van der Waals surface area contributed by atoms with Crippen molar-refractivity contribution < 1.29 is 0 Å². The molecule has 3 rings (SSSR count). The first-order chi connectivity index (χ1) is 9.83. The summed E-state index contributed by atoms with van der Waals surface area (Å²) in [6.07, 6.45) is 11.1. The molecular formula is C16H31IN4. The molecule has 2 aliphatic carbocycles. The van der Waals surface area contributed by atoms with E-state index in [1.54, 1.807) is 0 Å². The van der Waals surface area contributed by atoms with Gasteiger partial charge in [0.1, 0.15) is 0 Å². The summed E-state index contributed by atoms with van der Waals surface area (Å²) in [5, 5.41) is 7.16. The van der Waals surface area contributed by atoms with Crippen molar-refractivity contribution >= 4 is 29.9 Å². The Labute approximate surface area is 146 Å². The number of nitrogens with zero attached hydrogens (tertiary/aromatic N) is 2. The zero-order valence-electron chi connectivity index (χ0n) is 13.3. The van der Waals surface area contributed by atoms with E-state index in [0.29, 0.717) is 12.1 Å². The average Bonchev–Trinajstić information content (AvgIpc) is 3.05. The Bertz CT molecular complexity index is 337. The monoisotopic (exact) mass is 406 g/mol. The van der Waals surface area contributed by atoms with Crippen molar-refractivity contribution in [1.82, 2.24) is 15.5 Å². The van der Waals surface area contributed by atoms with Crippen molar-refractivity contribution in [3.8, 4) is 0 Å². The summed E-state index contributed by atoms with van der Waals surface area (Å²) in [6, 6.07) is 1.25. The lowest BCUT2D eigenvalue weighted by atomic mass is 9.93. The number of rotatable bonds is 4. The molecule has 2 N–H and O–H groups in total. The van der Waals surface area contributed by atoms with Crippen LogP contribution in [0.5, 0.6) is 0 Å². The van der Waals surface area contributed by atoms with E-state index >= 15 is 0 Å². The Hall–Kier alpha value is -0.0400. The van der Waals surface area contributed by atoms with Gasteiger partial charge in [-0.05, 0) is 44.4 Å². The molecule has 0 aromatic carbocycles. The first-order valence-corrected chi connectivity index (χ1v) is 8.55. The normalized spacial score (nSPS) is 28.2. The van der Waals surface area contributed by atoms with Crippen LogP contribution in [0, 0.1) is 5.92 Å². The number of aliphatic imine (C=N–C) groups is 1. The molecule has 0 radical (unpaired) electrons. The maximum absolute atomic E-state index is 4.38. The molecule has 21 heavy (non-hydrogen) atoms. The van der Waals surface area contributed by atoms with Gasteiger partial charge < -0.3 is 15.5 Å². The largest absolute Gasteiger partial charge is 0.354 e. The van der Waals surface area contributed by atoms with Crippen molar-refractivity contribution in [2.45, 2.75) is 63.5 Å². The molecule has 0 bridgehead atoms. The predicted molar refractivity (Wildman–Crippen MR) is 99.5 cm³/mol. The summed E-state index contributed by atoms with van der Waals surface area (Å²) in [4.78, 5) is 7.03. The molecule has 0 aromatic heterocycles. The maximum Gasteiger partial charge on any atom is 0.191 e. The molecule has 5 heteroatoms. The quantitative estimate of drug-likeness (QED) is 0.428. The summed E-state index contributed by atoms with van der Waals surface area (Å²) in [5.74, 6) is 1.99. The van der Waals surface area contributed by atoms with Crippen molar-refractivity contribution in [1.29, 1.82) is 0 Å². The third kappa shape index (κ3) is 4.98. The number of halogens is 1. The van der Waals surface area contributed by atoms with Crippen molar-refractivity contribution in [3.63, 3.8) is 0 Å². The van der Waals surface area contributed by atoms with Gasteiger partial charge >= 0.3 is 0 Å². The Morgan fingerprint density at radius 1 is 1.00 bits per heavy atom. The Morgan fingerprint density at radius 2 is 1.71 bits per heavy atom. The molecule has 1 aliphatic heterocycles. The van der Waals surface area contributed by atoms with E-state index in [9.17, 15) is 0 Å². The second-order valence-electron chi connectivity index (χ2n) is 6.88. The average molecular weight is 406 g/mol. The van der Waals surface area contributed by atoms with Gasteiger partial charge in [0.2, 0.25) is 0 Å². The Balaban J connectivity index is 0.00000161. The maximum atomic E-state index is 4.38. The van der Waals surface area contributed by atoms with Gasteiger partial charge in [0.05, 0.1) is 0 Å². The van der Waals surface area contributed by atoms with Gasteiger partial charge in [0, 0.05) is 38.8 Å². The fourth-order valence-electron chi connectivity index (χ4n) is 3.78. The highest BCUT2D eigenvalue weighted by Crippen LogP contribution is 2.26. The fraction of sp³-hybridized carbons (Fsp3) is 0.938. The highest BCUT2D eigenvalue weighted by atomic mass is 127. The standard InChI is InChI=1S/C16H30N4.HI/c1-17-16(18-14-7-4-8-14)19-15-9-10-20(12-15)11-13-5-2-3-6-13;/h13-15H,2-12H2,1H3,(H2,17,18,19);1H. The lowest BCUT2D eigenvalue weighted by molar-refractivity contribution is 0.275. The van der Waals surface area contributed by atoms with E-state index in [1.807, 2.05) is 7.05 Å². The van der Waals surface area contributed by atoms with E-state index in [0.717, 1.165) is 11.9 Å². The second-order valence-corrected chi connectivity index (χ2v) is 6.88. The van der Waals surface area contributed by atoms with Crippen LogP contribution in [0.15, 0.2) is 4.99 Å². The molecule has 1 heterocycles. The molecule has 3 aliphatic rings. The van der Waals surface area contributed by atoms with E-state index in [1.165, 1.54) is 71.0 Å². The van der Waals surface area contributed by atoms with Crippen molar-refractivity contribution in [2.75, 3.05) is 26.7 Å². The molecule has 1 saturated heterocycles. The number of hydrogen-bond acceptors (Lipinski definition) is 2. The zero-order valence-corrected chi connectivity index (χ0v) is 15.6. The molecular weight excluding hydrogens is 375 g/mol. The van der Waals surface area contributed by atoms with Gasteiger partial charge in [-0.25, -0.2) is 0 Å². The minimum absolute atomic E-state index is 0. The van der Waals surface area contributed by atoms with Gasteiger partial charge in [0.25, 0.3) is 0 Å². The zero-order chi connectivity index (χ0) is 13.8. The van der Waals surface area contributed by atoms with Crippen LogP contribution >= 0.6 is 24.0 Å². The van der Waals surface area contributed by atoms with Crippen molar-refractivity contribution in [2.24, 2.45) is 10.9 Å². The van der Waals surface area contributed by atoms with Crippen LogP contribution in [0.25, 0.3) is 0 Å². The number of guanidine groups is 1. The van der Waals surface area contributed by atoms with Gasteiger partial charge in [-0.15, -0.1) is 24.0 Å². The molecule has 1 atom stereocenters. The lowest BCUT2D eigenvalue weighted by Crippen LogP contribution is -2.50. The summed E-state index contributed by atoms with van der Waals surface area (Å²) < 4.78 is 0. The summed E-state index contributed by atoms with van der Waals surface area (Å²) in [7, 11) is 1.89. The van der Waals surface area contributed by atoms with E-state index < -0.39 is 0 Å². The predicted octanol–water partition coefficient (Wildman–Crippen LogP) is 2.59. The van der Waals surface area contributed by atoms with Crippen molar-refractivity contribution in [3.05, 3.63) is 0 Å². The van der Waals surface area contributed by atoms with Gasteiger partial charge in [-0.1, -0.05) is 12.8 Å². The summed E-state index contributed by atoms with van der Waals surface area (Å²) in [6.45, 7) is 3.78. The van der Waals surface area contributed by atoms with Gasteiger partial charge in [-0.3, -0.25) is 4.99 Å². The Morgan fingerprint density at radius 3 is 2.33 bits per heavy atom. The first kappa shape index (κ1) is 17.3. The topological polar surface area (TPSA) is 39.7 Å². The van der Waals surface area contributed by atoms with Crippen LogP contribution in [0.2, 0.25) is 0 Å². The van der Waals surface area contributed by atoms with Gasteiger partial charge in [0.15, 0.2) is 5.96 Å². The van der Waals surface area contributed by atoms with E-state index in [-0.39, 0.29) is 24.0 Å². The van der Waals surface area contributed by atoms with Gasteiger partial charge in [-0.2, -0.15) is 0 Å². The minimum atomic E-state index is 0. The van der Waals surface area contributed by atoms with E-state index in [2.05, 4.69) is 20.5 Å². The summed E-state index contributed by atoms with van der Waals surface area (Å²) in [5.41, 5.74) is 0. The van der Waals surface area contributed by atoms with E-state index in [4.69, 9.17) is 0 Å². The fourth-order valence-corrected chi connectivity index (χ4v) is 3.78. The molecule has 4 nitrogen and oxygen atoms in total. The Kier molecular flexibility index (Phi) is 7.05. The third-order valence-electron chi connectivity index (χ3n) is 5.27. The molecule has 0 amide bonds. The van der Waals surface area contributed by atoms with Crippen LogP contribution in [-0.2, 0) is 0 Å². The minimum Gasteiger partial charge on any atom is -0.354 e. The highest BCUT2D eigenvalue weighted by molar-refractivity contribution is 14.0. The van der Waals surface area contributed by atoms with Crippen LogP contribution in [0.4, 0.5) is 0 Å².